The SMILES string of the molecule is O=C(Nc1ccc(Oc2ccccc2)nc1)C1CCN(Cc2ccccn2)CC1. The maximum atomic E-state index is 12.6. The molecule has 6 heteroatoms. The quantitative estimate of drug-likeness (QED) is 0.688. The van der Waals surface area contributed by atoms with Crippen molar-refractivity contribution in [3.63, 3.8) is 0 Å². The van der Waals surface area contributed by atoms with Gasteiger partial charge >= 0.3 is 0 Å². The van der Waals surface area contributed by atoms with Crippen molar-refractivity contribution in [2.75, 3.05) is 18.4 Å². The van der Waals surface area contributed by atoms with E-state index in [0.29, 0.717) is 11.6 Å². The van der Waals surface area contributed by atoms with Crippen LogP contribution in [0.3, 0.4) is 0 Å². The van der Waals surface area contributed by atoms with E-state index in [2.05, 4.69) is 20.2 Å². The molecule has 0 bridgehead atoms. The third kappa shape index (κ3) is 5.39. The lowest BCUT2D eigenvalue weighted by molar-refractivity contribution is -0.121. The molecule has 0 spiro atoms. The fourth-order valence-electron chi connectivity index (χ4n) is 3.44. The molecular formula is C23H24N4O2. The van der Waals surface area contributed by atoms with Gasteiger partial charge in [-0.15, -0.1) is 0 Å². The standard InChI is InChI=1S/C23H24N4O2/c28-23(18-11-14-27(15-12-18)17-20-6-4-5-13-24-20)26-19-9-10-22(25-16-19)29-21-7-2-1-3-8-21/h1-10,13,16,18H,11-12,14-15,17H2,(H,26,28). The van der Waals surface area contributed by atoms with Gasteiger partial charge < -0.3 is 10.1 Å². The summed E-state index contributed by atoms with van der Waals surface area (Å²) in [6, 6.07) is 19.0. The Morgan fingerprint density at radius 2 is 1.79 bits per heavy atom. The number of amides is 1. The van der Waals surface area contributed by atoms with Crippen LogP contribution in [-0.2, 0) is 11.3 Å². The molecule has 0 unspecified atom stereocenters. The van der Waals surface area contributed by atoms with Crippen molar-refractivity contribution in [3.05, 3.63) is 78.8 Å². The highest BCUT2D eigenvalue weighted by atomic mass is 16.5. The van der Waals surface area contributed by atoms with Crippen molar-refractivity contribution >= 4 is 11.6 Å². The Morgan fingerprint density at radius 3 is 2.48 bits per heavy atom. The van der Waals surface area contributed by atoms with E-state index in [4.69, 9.17) is 4.74 Å². The molecule has 1 aromatic carbocycles. The summed E-state index contributed by atoms with van der Waals surface area (Å²) >= 11 is 0. The van der Waals surface area contributed by atoms with Crippen molar-refractivity contribution in [1.29, 1.82) is 0 Å². The molecule has 1 amide bonds. The van der Waals surface area contributed by atoms with Gasteiger partial charge in [-0.2, -0.15) is 0 Å². The van der Waals surface area contributed by atoms with Gasteiger partial charge in [0, 0.05) is 24.7 Å². The normalized spacial score (nSPS) is 15.0. The van der Waals surface area contributed by atoms with Gasteiger partial charge in [-0.05, 0) is 56.3 Å². The topological polar surface area (TPSA) is 67.3 Å². The first-order valence-corrected chi connectivity index (χ1v) is 9.88. The van der Waals surface area contributed by atoms with E-state index >= 15 is 0 Å². The molecule has 1 fully saturated rings. The lowest BCUT2D eigenvalue weighted by atomic mass is 9.95. The van der Waals surface area contributed by atoms with Crippen LogP contribution in [0.5, 0.6) is 11.6 Å². The van der Waals surface area contributed by atoms with E-state index in [1.807, 2.05) is 60.8 Å². The monoisotopic (exact) mass is 388 g/mol. The summed E-state index contributed by atoms with van der Waals surface area (Å²) in [7, 11) is 0. The number of para-hydroxylation sites is 1. The van der Waals surface area contributed by atoms with Crippen molar-refractivity contribution in [1.82, 2.24) is 14.9 Å². The number of likely N-dealkylation sites (tertiary alicyclic amines) is 1. The number of ether oxygens (including phenoxy) is 1. The smallest absolute Gasteiger partial charge is 0.227 e. The minimum atomic E-state index is 0.0234. The average molecular weight is 388 g/mol. The molecule has 4 rings (SSSR count). The number of rotatable bonds is 6. The summed E-state index contributed by atoms with van der Waals surface area (Å²) < 4.78 is 5.68. The zero-order valence-electron chi connectivity index (χ0n) is 16.2. The van der Waals surface area contributed by atoms with Gasteiger partial charge in [-0.1, -0.05) is 24.3 Å². The summed E-state index contributed by atoms with van der Waals surface area (Å²) in [5, 5.41) is 2.98. The van der Waals surface area contributed by atoms with Gasteiger partial charge in [-0.3, -0.25) is 14.7 Å². The zero-order valence-corrected chi connectivity index (χ0v) is 16.2. The lowest BCUT2D eigenvalue weighted by Crippen LogP contribution is -2.37. The zero-order chi connectivity index (χ0) is 19.9. The Kier molecular flexibility index (Phi) is 6.12. The molecule has 148 valence electrons. The first-order chi connectivity index (χ1) is 14.3. The van der Waals surface area contributed by atoms with Gasteiger partial charge in [0.1, 0.15) is 5.75 Å². The number of hydrogen-bond acceptors (Lipinski definition) is 5. The van der Waals surface area contributed by atoms with E-state index < -0.39 is 0 Å². The van der Waals surface area contributed by atoms with Crippen molar-refractivity contribution in [2.24, 2.45) is 5.92 Å². The van der Waals surface area contributed by atoms with Crippen LogP contribution in [-0.4, -0.2) is 33.9 Å². The Hall–Kier alpha value is -3.25. The van der Waals surface area contributed by atoms with Crippen LogP contribution >= 0.6 is 0 Å². The second kappa shape index (κ2) is 9.30. The van der Waals surface area contributed by atoms with Gasteiger partial charge in [-0.25, -0.2) is 4.98 Å². The van der Waals surface area contributed by atoms with Gasteiger partial charge in [0.25, 0.3) is 0 Å². The van der Waals surface area contributed by atoms with Crippen LogP contribution in [0.15, 0.2) is 73.1 Å². The van der Waals surface area contributed by atoms with Crippen LogP contribution < -0.4 is 10.1 Å². The number of nitrogens with one attached hydrogen (secondary N) is 1. The highest BCUT2D eigenvalue weighted by Gasteiger charge is 2.25. The third-order valence-electron chi connectivity index (χ3n) is 5.04. The number of aromatic nitrogens is 2. The van der Waals surface area contributed by atoms with Crippen LogP contribution in [0.4, 0.5) is 5.69 Å². The summed E-state index contributed by atoms with van der Waals surface area (Å²) in [5.41, 5.74) is 1.76. The van der Waals surface area contributed by atoms with Crippen molar-refractivity contribution < 1.29 is 9.53 Å². The van der Waals surface area contributed by atoms with Crippen LogP contribution in [0.1, 0.15) is 18.5 Å². The summed E-state index contributed by atoms with van der Waals surface area (Å²) in [6.45, 7) is 2.63. The second-order valence-corrected chi connectivity index (χ2v) is 7.16. The number of nitrogens with zero attached hydrogens (tertiary/aromatic N) is 3. The maximum absolute atomic E-state index is 12.6. The lowest BCUT2D eigenvalue weighted by Gasteiger charge is -2.30. The predicted molar refractivity (Wildman–Crippen MR) is 112 cm³/mol. The molecule has 0 saturated carbocycles. The summed E-state index contributed by atoms with van der Waals surface area (Å²) in [5.74, 6) is 1.31. The van der Waals surface area contributed by atoms with Gasteiger partial charge in [0.15, 0.2) is 0 Å². The first-order valence-electron chi connectivity index (χ1n) is 9.88. The minimum Gasteiger partial charge on any atom is -0.439 e. The molecule has 0 radical (unpaired) electrons. The second-order valence-electron chi connectivity index (χ2n) is 7.16. The molecule has 0 aliphatic carbocycles. The molecule has 1 saturated heterocycles. The Labute approximate surface area is 170 Å². The highest BCUT2D eigenvalue weighted by molar-refractivity contribution is 5.92. The molecule has 0 atom stereocenters. The molecule has 29 heavy (non-hydrogen) atoms. The first kappa shape index (κ1) is 19.1. The predicted octanol–water partition coefficient (Wildman–Crippen LogP) is 4.12. The number of piperidine rings is 1. The number of carbonyl (C=O) groups is 1. The Balaban J connectivity index is 1.25. The minimum absolute atomic E-state index is 0.0234. The molecule has 2 aromatic heterocycles. The number of pyridine rings is 2. The molecule has 1 aliphatic rings. The molecular weight excluding hydrogens is 364 g/mol. The van der Waals surface area contributed by atoms with E-state index in [9.17, 15) is 4.79 Å². The van der Waals surface area contributed by atoms with Crippen molar-refractivity contribution in [3.8, 4) is 11.6 Å². The average Bonchev–Trinajstić information content (AvgIpc) is 2.77. The Morgan fingerprint density at radius 1 is 1.00 bits per heavy atom. The fraction of sp³-hybridized carbons (Fsp3) is 0.261. The largest absolute Gasteiger partial charge is 0.439 e. The molecule has 1 N–H and O–H groups in total. The summed E-state index contributed by atoms with van der Waals surface area (Å²) in [6.07, 6.45) is 5.15. The fourth-order valence-corrected chi connectivity index (χ4v) is 3.44. The third-order valence-corrected chi connectivity index (χ3v) is 5.04. The summed E-state index contributed by atoms with van der Waals surface area (Å²) in [4.78, 5) is 23.6. The van der Waals surface area contributed by atoms with Crippen molar-refractivity contribution in [2.45, 2.75) is 19.4 Å². The van der Waals surface area contributed by atoms with E-state index in [1.165, 1.54) is 0 Å². The van der Waals surface area contributed by atoms with E-state index in [-0.39, 0.29) is 11.8 Å². The number of carbonyl (C=O) groups excluding carboxylic acids is 1. The maximum Gasteiger partial charge on any atom is 0.227 e. The molecule has 3 aromatic rings. The van der Waals surface area contributed by atoms with E-state index in [1.54, 1.807) is 12.3 Å². The van der Waals surface area contributed by atoms with Crippen LogP contribution in [0.25, 0.3) is 0 Å². The van der Waals surface area contributed by atoms with Gasteiger partial charge in [0.05, 0.1) is 17.6 Å². The van der Waals surface area contributed by atoms with Gasteiger partial charge in [0.2, 0.25) is 11.8 Å². The molecule has 1 aliphatic heterocycles. The number of benzene rings is 1. The number of anilines is 1. The molecule has 6 nitrogen and oxygen atoms in total. The van der Waals surface area contributed by atoms with E-state index in [0.717, 1.165) is 43.9 Å². The van der Waals surface area contributed by atoms with Crippen LogP contribution in [0.2, 0.25) is 0 Å². The Bertz CT molecular complexity index is 909. The number of hydrogen-bond donors (Lipinski definition) is 1. The highest BCUT2D eigenvalue weighted by Crippen LogP contribution is 2.22. The molecule has 3 heterocycles. The van der Waals surface area contributed by atoms with Crippen LogP contribution in [0, 0.1) is 5.92 Å².